The first-order chi connectivity index (χ1) is 10.2. The van der Waals surface area contributed by atoms with Crippen molar-refractivity contribution in [2.24, 2.45) is 0 Å². The third-order valence-electron chi connectivity index (χ3n) is 3.14. The molecule has 0 radical (unpaired) electrons. The minimum Gasteiger partial charge on any atom is -0.497 e. The number of amides is 1. The van der Waals surface area contributed by atoms with Gasteiger partial charge in [-0.2, -0.15) is 5.10 Å². The van der Waals surface area contributed by atoms with Gasteiger partial charge in [0.05, 0.1) is 30.1 Å². The Morgan fingerprint density at radius 3 is 2.90 bits per heavy atom. The predicted octanol–water partition coefficient (Wildman–Crippen LogP) is 2.53. The number of anilines is 1. The summed E-state index contributed by atoms with van der Waals surface area (Å²) in [6.45, 7) is 1.89. The van der Waals surface area contributed by atoms with Gasteiger partial charge < -0.3 is 10.1 Å². The monoisotopic (exact) mass is 282 g/mol. The topological polar surface area (TPSA) is 79.9 Å². The molecule has 3 rings (SSSR count). The molecule has 2 heterocycles. The van der Waals surface area contributed by atoms with E-state index in [4.69, 9.17) is 4.74 Å². The second-order valence-electron chi connectivity index (χ2n) is 4.64. The largest absolute Gasteiger partial charge is 0.497 e. The van der Waals surface area contributed by atoms with Crippen molar-refractivity contribution >= 4 is 22.5 Å². The number of hydrogen-bond acceptors (Lipinski definition) is 4. The summed E-state index contributed by atoms with van der Waals surface area (Å²) >= 11 is 0. The van der Waals surface area contributed by atoms with E-state index in [9.17, 15) is 4.79 Å². The van der Waals surface area contributed by atoms with Crippen LogP contribution in [0.4, 0.5) is 5.69 Å². The molecule has 1 amide bonds. The molecule has 2 N–H and O–H groups in total. The molecule has 2 aromatic heterocycles. The van der Waals surface area contributed by atoms with Gasteiger partial charge in [0.1, 0.15) is 5.75 Å². The zero-order chi connectivity index (χ0) is 14.8. The molecule has 0 aliphatic heterocycles. The van der Waals surface area contributed by atoms with Crippen LogP contribution in [0.25, 0.3) is 10.9 Å². The van der Waals surface area contributed by atoms with Gasteiger partial charge in [-0.1, -0.05) is 6.07 Å². The molecule has 106 valence electrons. The Kier molecular flexibility index (Phi) is 3.27. The highest BCUT2D eigenvalue weighted by Crippen LogP contribution is 2.25. The summed E-state index contributed by atoms with van der Waals surface area (Å²) in [6.07, 6.45) is 3.15. The Bertz CT molecular complexity index is 797. The SMILES string of the molecule is COc1cc(C(=O)Nc2cn[nH]c2)c2nc(C)ccc2c1. The summed E-state index contributed by atoms with van der Waals surface area (Å²) in [5.41, 5.74) is 2.57. The molecule has 0 spiro atoms. The van der Waals surface area contributed by atoms with Crippen molar-refractivity contribution in [3.8, 4) is 5.75 Å². The van der Waals surface area contributed by atoms with Crippen molar-refractivity contribution < 1.29 is 9.53 Å². The van der Waals surface area contributed by atoms with Crippen LogP contribution >= 0.6 is 0 Å². The number of benzene rings is 1. The molecule has 21 heavy (non-hydrogen) atoms. The van der Waals surface area contributed by atoms with Crippen LogP contribution in [0.5, 0.6) is 5.75 Å². The Labute approximate surface area is 121 Å². The number of aromatic nitrogens is 3. The van der Waals surface area contributed by atoms with Crippen LogP contribution in [0, 0.1) is 6.92 Å². The van der Waals surface area contributed by atoms with Gasteiger partial charge in [0.25, 0.3) is 5.91 Å². The van der Waals surface area contributed by atoms with Gasteiger partial charge in [0.2, 0.25) is 0 Å². The lowest BCUT2D eigenvalue weighted by Gasteiger charge is -2.09. The standard InChI is InChI=1S/C15H14N4O2/c1-9-3-4-10-5-12(21-2)6-13(14(10)18-9)15(20)19-11-7-16-17-8-11/h3-8H,1-2H3,(H,16,17)(H,19,20). The summed E-state index contributed by atoms with van der Waals surface area (Å²) in [5, 5.41) is 10.1. The fourth-order valence-electron chi connectivity index (χ4n) is 2.11. The third-order valence-corrected chi connectivity index (χ3v) is 3.14. The van der Waals surface area contributed by atoms with Gasteiger partial charge in [-0.15, -0.1) is 0 Å². The van der Waals surface area contributed by atoms with Crippen LogP contribution in [0.15, 0.2) is 36.7 Å². The third kappa shape index (κ3) is 2.55. The number of nitrogens with one attached hydrogen (secondary N) is 2. The van der Waals surface area contributed by atoms with Gasteiger partial charge >= 0.3 is 0 Å². The first kappa shape index (κ1) is 13.1. The molecule has 0 saturated carbocycles. The molecule has 6 nitrogen and oxygen atoms in total. The van der Waals surface area contributed by atoms with E-state index in [2.05, 4.69) is 20.5 Å². The van der Waals surface area contributed by atoms with Crippen LogP contribution in [0.2, 0.25) is 0 Å². The second kappa shape index (κ2) is 5.24. The summed E-state index contributed by atoms with van der Waals surface area (Å²) in [4.78, 5) is 16.9. The average molecular weight is 282 g/mol. The van der Waals surface area contributed by atoms with Crippen LogP contribution in [-0.4, -0.2) is 28.2 Å². The van der Waals surface area contributed by atoms with E-state index in [-0.39, 0.29) is 5.91 Å². The summed E-state index contributed by atoms with van der Waals surface area (Å²) in [6, 6.07) is 7.37. The molecule has 0 aliphatic rings. The predicted molar refractivity (Wildman–Crippen MR) is 79.6 cm³/mol. The highest BCUT2D eigenvalue weighted by Gasteiger charge is 2.14. The molecular formula is C15H14N4O2. The van der Waals surface area contributed by atoms with Crippen molar-refractivity contribution in [3.05, 3.63) is 47.9 Å². The number of pyridine rings is 1. The first-order valence-corrected chi connectivity index (χ1v) is 6.43. The number of fused-ring (bicyclic) bond motifs is 1. The number of nitrogens with zero attached hydrogens (tertiary/aromatic N) is 2. The highest BCUT2D eigenvalue weighted by molar-refractivity contribution is 6.12. The van der Waals surface area contributed by atoms with Crippen molar-refractivity contribution in [2.45, 2.75) is 6.92 Å². The lowest BCUT2D eigenvalue weighted by Crippen LogP contribution is -2.12. The van der Waals surface area contributed by atoms with E-state index in [0.717, 1.165) is 11.1 Å². The molecular weight excluding hydrogens is 268 g/mol. The Balaban J connectivity index is 2.10. The molecule has 0 saturated heterocycles. The number of H-pyrrole nitrogens is 1. The summed E-state index contributed by atoms with van der Waals surface area (Å²) < 4.78 is 5.25. The van der Waals surface area contributed by atoms with Crippen molar-refractivity contribution in [2.75, 3.05) is 12.4 Å². The number of carbonyl (C=O) groups excluding carboxylic acids is 1. The molecule has 0 unspecified atom stereocenters. The van der Waals surface area contributed by atoms with E-state index in [1.54, 1.807) is 25.6 Å². The van der Waals surface area contributed by atoms with Crippen molar-refractivity contribution in [3.63, 3.8) is 0 Å². The van der Waals surface area contributed by atoms with E-state index in [1.807, 2.05) is 25.1 Å². The van der Waals surface area contributed by atoms with Crippen LogP contribution in [0.1, 0.15) is 16.1 Å². The first-order valence-electron chi connectivity index (χ1n) is 6.43. The summed E-state index contributed by atoms with van der Waals surface area (Å²) in [7, 11) is 1.57. The summed E-state index contributed by atoms with van der Waals surface area (Å²) in [5.74, 6) is 0.365. The molecule has 0 atom stereocenters. The zero-order valence-corrected chi connectivity index (χ0v) is 11.7. The van der Waals surface area contributed by atoms with E-state index in [1.165, 1.54) is 0 Å². The fourth-order valence-corrected chi connectivity index (χ4v) is 2.11. The fraction of sp³-hybridized carbons (Fsp3) is 0.133. The number of ether oxygens (including phenoxy) is 1. The molecule has 0 bridgehead atoms. The maximum absolute atomic E-state index is 12.5. The number of aryl methyl sites for hydroxylation is 1. The minimum absolute atomic E-state index is 0.251. The second-order valence-corrected chi connectivity index (χ2v) is 4.64. The zero-order valence-electron chi connectivity index (χ0n) is 11.7. The van der Waals surface area contributed by atoms with Crippen LogP contribution in [-0.2, 0) is 0 Å². The lowest BCUT2D eigenvalue weighted by atomic mass is 10.1. The van der Waals surface area contributed by atoms with Gasteiger partial charge in [-0.05, 0) is 25.1 Å². The molecule has 6 heteroatoms. The van der Waals surface area contributed by atoms with Crippen molar-refractivity contribution in [1.82, 2.24) is 15.2 Å². The number of methoxy groups -OCH3 is 1. The smallest absolute Gasteiger partial charge is 0.258 e. The molecule has 3 aromatic rings. The van der Waals surface area contributed by atoms with Gasteiger partial charge in [0.15, 0.2) is 0 Å². The van der Waals surface area contributed by atoms with Gasteiger partial charge in [-0.3, -0.25) is 14.9 Å². The van der Waals surface area contributed by atoms with Crippen molar-refractivity contribution in [1.29, 1.82) is 0 Å². The van der Waals surface area contributed by atoms with E-state index >= 15 is 0 Å². The van der Waals surface area contributed by atoms with E-state index < -0.39 is 0 Å². The lowest BCUT2D eigenvalue weighted by molar-refractivity contribution is 0.102. The number of rotatable bonds is 3. The highest BCUT2D eigenvalue weighted by atomic mass is 16.5. The van der Waals surface area contributed by atoms with Crippen LogP contribution < -0.4 is 10.1 Å². The Morgan fingerprint density at radius 2 is 2.19 bits per heavy atom. The minimum atomic E-state index is -0.251. The van der Waals surface area contributed by atoms with Gasteiger partial charge in [0, 0.05) is 17.3 Å². The maximum Gasteiger partial charge on any atom is 0.258 e. The number of carbonyl (C=O) groups is 1. The molecule has 0 aliphatic carbocycles. The normalized spacial score (nSPS) is 10.6. The Morgan fingerprint density at radius 1 is 1.33 bits per heavy atom. The quantitative estimate of drug-likeness (QED) is 0.773. The number of aromatic amines is 1. The Hall–Kier alpha value is -2.89. The average Bonchev–Trinajstić information content (AvgIpc) is 2.99. The molecule has 1 aromatic carbocycles. The maximum atomic E-state index is 12.5. The van der Waals surface area contributed by atoms with E-state index in [0.29, 0.717) is 22.5 Å². The van der Waals surface area contributed by atoms with Crippen LogP contribution in [0.3, 0.4) is 0 Å². The van der Waals surface area contributed by atoms with Gasteiger partial charge in [-0.25, -0.2) is 0 Å². The molecule has 0 fully saturated rings. The number of hydrogen-bond donors (Lipinski definition) is 2.